The normalized spacial score (nSPS) is 22.2. The molecule has 0 radical (unpaired) electrons. The Bertz CT molecular complexity index is 1460. The van der Waals surface area contributed by atoms with Crippen LogP contribution >= 0.6 is 0 Å². The second kappa shape index (κ2) is 18.4. The van der Waals surface area contributed by atoms with E-state index in [4.69, 9.17) is 14.9 Å². The Morgan fingerprint density at radius 2 is 1.79 bits per heavy atom. The molecule has 1 aromatic heterocycles. The summed E-state index contributed by atoms with van der Waals surface area (Å²) < 4.78 is 10.7. The molecule has 15 heteroatoms. The molecule has 2 aromatic rings. The van der Waals surface area contributed by atoms with Crippen molar-refractivity contribution in [1.82, 2.24) is 31.5 Å². The van der Waals surface area contributed by atoms with Crippen molar-refractivity contribution >= 4 is 35.4 Å². The Kier molecular flexibility index (Phi) is 13.7. The molecular formula is C33H43N7O8. The highest BCUT2D eigenvalue weighted by molar-refractivity contribution is 5.99. The van der Waals surface area contributed by atoms with E-state index >= 15 is 0 Å². The molecule has 2 bridgehead atoms. The molecule has 7 N–H and O–H groups in total. The van der Waals surface area contributed by atoms with Gasteiger partial charge in [0.25, 0.3) is 0 Å². The van der Waals surface area contributed by atoms with Crippen molar-refractivity contribution in [3.63, 3.8) is 0 Å². The Hall–Kier alpha value is -5.02. The van der Waals surface area contributed by atoms with Gasteiger partial charge in [-0.25, -0.2) is 0 Å². The average Bonchev–Trinajstić information content (AvgIpc) is 3.61. The number of furan rings is 1. The van der Waals surface area contributed by atoms with Gasteiger partial charge < -0.3 is 46.4 Å². The van der Waals surface area contributed by atoms with E-state index in [0.29, 0.717) is 49.4 Å². The van der Waals surface area contributed by atoms with Crippen LogP contribution in [0.5, 0.6) is 0 Å². The topological polar surface area (TPSA) is 214 Å². The molecule has 15 nitrogen and oxygen atoms in total. The largest absolute Gasteiger partial charge is 0.469 e. The molecule has 3 heterocycles. The van der Waals surface area contributed by atoms with E-state index < -0.39 is 47.5 Å². The van der Waals surface area contributed by atoms with Crippen LogP contribution in [0, 0.1) is 5.92 Å². The first-order chi connectivity index (χ1) is 23.2. The number of nitrogens with two attached hydrogens (primary N) is 1. The maximum atomic E-state index is 13.4. The summed E-state index contributed by atoms with van der Waals surface area (Å²) in [7, 11) is 0. The molecule has 48 heavy (non-hydrogen) atoms. The van der Waals surface area contributed by atoms with Crippen molar-refractivity contribution in [3.05, 3.63) is 71.7 Å². The summed E-state index contributed by atoms with van der Waals surface area (Å²) in [6.07, 6.45) is 4.68. The number of nitrogens with zero attached hydrogens (tertiary/aromatic N) is 1. The predicted octanol–water partition coefficient (Wildman–Crippen LogP) is -1.33. The molecule has 1 saturated heterocycles. The summed E-state index contributed by atoms with van der Waals surface area (Å²) in [5.41, 5.74) is 6.73. The molecule has 6 amide bonds. The van der Waals surface area contributed by atoms with E-state index in [1.807, 2.05) is 0 Å². The van der Waals surface area contributed by atoms with Crippen LogP contribution in [-0.4, -0.2) is 98.4 Å². The van der Waals surface area contributed by atoms with Crippen molar-refractivity contribution in [2.75, 3.05) is 45.9 Å². The van der Waals surface area contributed by atoms with E-state index in [1.165, 1.54) is 11.2 Å². The van der Waals surface area contributed by atoms with Crippen molar-refractivity contribution in [1.29, 1.82) is 0 Å². The number of hydrogen-bond acceptors (Lipinski definition) is 9. The van der Waals surface area contributed by atoms with Crippen LogP contribution in [0.25, 0.3) is 0 Å². The number of nitrogens with one attached hydrogen (secondary N) is 5. The number of rotatable bonds is 8. The number of amides is 6. The van der Waals surface area contributed by atoms with E-state index in [2.05, 4.69) is 26.6 Å². The first kappa shape index (κ1) is 35.8. The van der Waals surface area contributed by atoms with Gasteiger partial charge in [0.05, 0.1) is 31.8 Å². The van der Waals surface area contributed by atoms with E-state index in [9.17, 15) is 28.8 Å². The van der Waals surface area contributed by atoms with E-state index in [0.717, 1.165) is 12.2 Å². The summed E-state index contributed by atoms with van der Waals surface area (Å²) in [5, 5.41) is 13.6. The minimum atomic E-state index is -1.16. The fourth-order valence-corrected chi connectivity index (χ4v) is 5.42. The Labute approximate surface area is 278 Å². The van der Waals surface area contributed by atoms with Gasteiger partial charge in [-0.1, -0.05) is 24.3 Å². The highest BCUT2D eigenvalue weighted by Gasteiger charge is 2.31. The first-order valence-electron chi connectivity index (χ1n) is 16.0. The number of hydrogen-bond donors (Lipinski definition) is 6. The fraction of sp³-hybridized carbons (Fsp3) is 0.455. The average molecular weight is 666 g/mol. The molecule has 2 aliphatic rings. The maximum Gasteiger partial charge on any atom is 0.246 e. The summed E-state index contributed by atoms with van der Waals surface area (Å²) in [6, 6.07) is 8.36. The molecule has 0 unspecified atom stereocenters. The maximum absolute atomic E-state index is 13.4. The molecule has 2 aliphatic heterocycles. The minimum Gasteiger partial charge on any atom is -0.469 e. The van der Waals surface area contributed by atoms with Gasteiger partial charge in [0.2, 0.25) is 35.4 Å². The quantitative estimate of drug-likeness (QED) is 0.184. The van der Waals surface area contributed by atoms with Gasteiger partial charge >= 0.3 is 0 Å². The summed E-state index contributed by atoms with van der Waals surface area (Å²) in [4.78, 5) is 80.1. The number of ether oxygens (including phenoxy) is 1. The predicted molar refractivity (Wildman–Crippen MR) is 173 cm³/mol. The van der Waals surface area contributed by atoms with Gasteiger partial charge in [-0.3, -0.25) is 28.8 Å². The molecule has 0 aliphatic carbocycles. The lowest BCUT2D eigenvalue weighted by atomic mass is 9.96. The number of piperidine rings is 1. The first-order valence-corrected chi connectivity index (χ1v) is 16.0. The van der Waals surface area contributed by atoms with Crippen LogP contribution in [0.4, 0.5) is 0 Å². The van der Waals surface area contributed by atoms with Gasteiger partial charge in [-0.2, -0.15) is 0 Å². The monoisotopic (exact) mass is 665 g/mol. The SMILES string of the molecule is NCCOCCNC(=O)[C@@H]1CNC(=O)Cc2ccccc2CNC(=O)[C@H](Cc2ccco2)NC(=O)[C@@H]2CCCN(C2)C(=O)/C=C/C(=O)N1. The molecule has 0 spiro atoms. The number of fused-ring (bicyclic) bond motifs is 3. The minimum absolute atomic E-state index is 0.0697. The summed E-state index contributed by atoms with van der Waals surface area (Å²) in [6.45, 7) is 1.35. The second-order valence-electron chi connectivity index (χ2n) is 11.5. The number of benzene rings is 1. The van der Waals surface area contributed by atoms with Crippen LogP contribution in [0.2, 0.25) is 0 Å². The van der Waals surface area contributed by atoms with Crippen molar-refractivity contribution in [2.45, 2.75) is 44.3 Å². The van der Waals surface area contributed by atoms with E-state index in [-0.39, 0.29) is 51.5 Å². The van der Waals surface area contributed by atoms with Crippen molar-refractivity contribution < 1.29 is 37.9 Å². The molecule has 4 rings (SSSR count). The van der Waals surface area contributed by atoms with Crippen molar-refractivity contribution in [3.8, 4) is 0 Å². The highest BCUT2D eigenvalue weighted by atomic mass is 16.5. The van der Waals surface area contributed by atoms with E-state index in [1.54, 1.807) is 36.4 Å². The fourth-order valence-electron chi connectivity index (χ4n) is 5.42. The zero-order chi connectivity index (χ0) is 34.3. The van der Waals surface area contributed by atoms with Gasteiger partial charge in [-0.05, 0) is 36.1 Å². The molecule has 258 valence electrons. The number of carbonyl (C=O) groups is 6. The standard InChI is InChI=1S/C33H43N7O8/c34-11-15-47-16-12-35-33(46)27-20-36-29(42)17-22-5-1-2-6-23(22)19-37-32(45)26(18-25-8-4-14-48-25)39-31(44)24-7-3-13-40(21-24)30(43)10-9-28(41)38-27/h1-2,4-6,8-10,14,24,26-27H,3,7,11-13,15-21,34H2,(H,35,46)(H,36,42)(H,37,45)(H,38,41)(H,39,44)/b10-9+/t24-,26+,27+/m1/s1. The molecular weight excluding hydrogens is 622 g/mol. The third-order valence-corrected chi connectivity index (χ3v) is 7.97. The second-order valence-corrected chi connectivity index (χ2v) is 11.5. The molecule has 0 saturated carbocycles. The third kappa shape index (κ3) is 11.1. The lowest BCUT2D eigenvalue weighted by Gasteiger charge is -2.32. The highest BCUT2D eigenvalue weighted by Crippen LogP contribution is 2.18. The van der Waals surface area contributed by atoms with Crippen LogP contribution in [0.1, 0.15) is 29.7 Å². The lowest BCUT2D eigenvalue weighted by Crippen LogP contribution is -2.53. The molecule has 1 aromatic carbocycles. The zero-order valence-corrected chi connectivity index (χ0v) is 26.7. The zero-order valence-electron chi connectivity index (χ0n) is 26.7. The number of carbonyl (C=O) groups excluding carboxylic acids is 6. The Morgan fingerprint density at radius 3 is 2.56 bits per heavy atom. The van der Waals surface area contributed by atoms with Crippen LogP contribution in [-0.2, 0) is 52.9 Å². The lowest BCUT2D eigenvalue weighted by molar-refractivity contribution is -0.135. The molecule has 3 atom stereocenters. The third-order valence-electron chi connectivity index (χ3n) is 7.97. The van der Waals surface area contributed by atoms with Crippen LogP contribution in [0.3, 0.4) is 0 Å². The smallest absolute Gasteiger partial charge is 0.246 e. The summed E-state index contributed by atoms with van der Waals surface area (Å²) in [5.74, 6) is -3.08. The summed E-state index contributed by atoms with van der Waals surface area (Å²) >= 11 is 0. The Balaban J connectivity index is 1.55. The van der Waals surface area contributed by atoms with Gasteiger partial charge in [-0.15, -0.1) is 0 Å². The van der Waals surface area contributed by atoms with Crippen LogP contribution < -0.4 is 32.3 Å². The van der Waals surface area contributed by atoms with Crippen molar-refractivity contribution in [2.24, 2.45) is 11.7 Å². The Morgan fingerprint density at radius 1 is 0.979 bits per heavy atom. The van der Waals surface area contributed by atoms with Gasteiger partial charge in [0, 0.05) is 57.8 Å². The molecule has 1 fully saturated rings. The van der Waals surface area contributed by atoms with Gasteiger partial charge in [0.1, 0.15) is 17.8 Å². The van der Waals surface area contributed by atoms with Gasteiger partial charge in [0.15, 0.2) is 0 Å². The van der Waals surface area contributed by atoms with Crippen LogP contribution in [0.15, 0.2) is 59.2 Å².